The summed E-state index contributed by atoms with van der Waals surface area (Å²) in [6, 6.07) is 5.35. The van der Waals surface area contributed by atoms with E-state index in [-0.39, 0.29) is 23.8 Å². The van der Waals surface area contributed by atoms with Gasteiger partial charge in [-0.05, 0) is 62.6 Å². The zero-order chi connectivity index (χ0) is 25.4. The minimum Gasteiger partial charge on any atom is -0.496 e. The number of carbonyl (C=O) groups excluding carboxylic acids is 4. The van der Waals surface area contributed by atoms with Gasteiger partial charge in [-0.2, -0.15) is 0 Å². The lowest BCUT2D eigenvalue weighted by molar-refractivity contribution is -0.132. The lowest BCUT2D eigenvalue weighted by Gasteiger charge is -2.31. The molecule has 2 aliphatic carbocycles. The van der Waals surface area contributed by atoms with Crippen molar-refractivity contribution in [1.82, 2.24) is 20.9 Å². The number of aromatic nitrogens is 1. The molecule has 2 aromatic rings. The van der Waals surface area contributed by atoms with Crippen LogP contribution in [-0.4, -0.2) is 53.3 Å². The van der Waals surface area contributed by atoms with Gasteiger partial charge in [0.1, 0.15) is 23.5 Å². The highest BCUT2D eigenvalue weighted by atomic mass is 16.5. The molecule has 1 aliphatic heterocycles. The molecule has 6 N–H and O–H groups in total. The van der Waals surface area contributed by atoms with E-state index in [9.17, 15) is 19.2 Å². The Balaban J connectivity index is 1.26. The summed E-state index contributed by atoms with van der Waals surface area (Å²) < 4.78 is 5.36. The summed E-state index contributed by atoms with van der Waals surface area (Å²) in [5.41, 5.74) is 6.60. The number of piperidine rings is 1. The third-order valence-electron chi connectivity index (χ3n) is 7.74. The monoisotopic (exact) mass is 495 g/mol. The predicted molar refractivity (Wildman–Crippen MR) is 132 cm³/mol. The van der Waals surface area contributed by atoms with Gasteiger partial charge >= 0.3 is 0 Å². The molecule has 3 fully saturated rings. The molecule has 192 valence electrons. The van der Waals surface area contributed by atoms with Crippen molar-refractivity contribution in [2.75, 3.05) is 7.11 Å². The van der Waals surface area contributed by atoms with Crippen LogP contribution >= 0.6 is 0 Å². The molecule has 1 saturated heterocycles. The van der Waals surface area contributed by atoms with Crippen LogP contribution in [-0.2, 0) is 14.4 Å². The summed E-state index contributed by atoms with van der Waals surface area (Å²) in [7, 11) is 1.56. The zero-order valence-corrected chi connectivity index (χ0v) is 20.4. The number of fused-ring (bicyclic) bond motifs is 1. The first-order chi connectivity index (χ1) is 17.3. The minimum atomic E-state index is -0.988. The molecular weight excluding hydrogens is 462 g/mol. The van der Waals surface area contributed by atoms with E-state index in [1.807, 2.05) is 18.2 Å². The quantitative estimate of drug-likeness (QED) is 0.338. The maximum Gasteiger partial charge on any atom is 0.268 e. The van der Waals surface area contributed by atoms with Crippen molar-refractivity contribution in [2.45, 2.75) is 69.0 Å². The smallest absolute Gasteiger partial charge is 0.268 e. The molecule has 2 heterocycles. The first-order valence-electron chi connectivity index (χ1n) is 12.7. The lowest BCUT2D eigenvalue weighted by atomic mass is 9.87. The molecule has 5 rings (SSSR count). The summed E-state index contributed by atoms with van der Waals surface area (Å²) >= 11 is 0. The Hall–Kier alpha value is -3.56. The van der Waals surface area contributed by atoms with Crippen molar-refractivity contribution in [3.63, 3.8) is 0 Å². The van der Waals surface area contributed by atoms with Gasteiger partial charge in [-0.3, -0.25) is 19.2 Å². The standard InChI is InChI=1S/C26H33N5O5/c1-36-21-4-2-3-17-16(21)13-20(28-17)25(35)30-19(11-14-5-6-14)24(34)29-18(22(27)32)12-15-7-8-26(9-10-26)31-23(15)33/h2-4,13-15,18-19,28H,5-12H2,1H3,(H2,27,32)(H,29,34)(H,30,35)(H,31,33)/t15?,18-,19-/m0/s1. The first-order valence-corrected chi connectivity index (χ1v) is 12.7. The molecule has 4 amide bonds. The predicted octanol–water partition coefficient (Wildman–Crippen LogP) is 1.49. The fourth-order valence-corrected chi connectivity index (χ4v) is 5.14. The third kappa shape index (κ3) is 5.17. The number of rotatable bonds is 10. The van der Waals surface area contributed by atoms with E-state index < -0.39 is 29.8 Å². The van der Waals surface area contributed by atoms with Crippen LogP contribution in [0.15, 0.2) is 24.3 Å². The number of methoxy groups -OCH3 is 1. The normalized spacial score (nSPS) is 21.9. The largest absolute Gasteiger partial charge is 0.496 e. The van der Waals surface area contributed by atoms with Crippen LogP contribution in [0.25, 0.3) is 10.9 Å². The van der Waals surface area contributed by atoms with Crippen LogP contribution in [0.2, 0.25) is 0 Å². The topological polar surface area (TPSA) is 155 Å². The van der Waals surface area contributed by atoms with Gasteiger partial charge in [0.2, 0.25) is 17.7 Å². The maximum absolute atomic E-state index is 13.2. The molecule has 0 bridgehead atoms. The zero-order valence-electron chi connectivity index (χ0n) is 20.4. The molecule has 1 aromatic heterocycles. The van der Waals surface area contributed by atoms with Gasteiger partial charge in [0.25, 0.3) is 5.91 Å². The van der Waals surface area contributed by atoms with Crippen molar-refractivity contribution in [3.05, 3.63) is 30.0 Å². The lowest BCUT2D eigenvalue weighted by Crippen LogP contribution is -2.55. The van der Waals surface area contributed by atoms with Crippen molar-refractivity contribution >= 4 is 34.5 Å². The van der Waals surface area contributed by atoms with E-state index in [1.54, 1.807) is 13.2 Å². The Labute approximate surface area is 209 Å². The molecule has 3 atom stereocenters. The van der Waals surface area contributed by atoms with Gasteiger partial charge in [0.05, 0.1) is 7.11 Å². The second kappa shape index (κ2) is 9.48. The highest BCUT2D eigenvalue weighted by Crippen LogP contribution is 2.44. The third-order valence-corrected chi connectivity index (χ3v) is 7.74. The van der Waals surface area contributed by atoms with Crippen molar-refractivity contribution in [3.8, 4) is 5.75 Å². The number of hydrogen-bond acceptors (Lipinski definition) is 5. The number of nitrogens with two attached hydrogens (primary N) is 1. The number of aromatic amines is 1. The van der Waals surface area contributed by atoms with E-state index in [0.717, 1.165) is 43.0 Å². The van der Waals surface area contributed by atoms with Gasteiger partial charge in [0, 0.05) is 22.4 Å². The number of H-pyrrole nitrogens is 1. The fraction of sp³-hybridized carbons (Fsp3) is 0.538. The van der Waals surface area contributed by atoms with Gasteiger partial charge < -0.3 is 31.4 Å². The summed E-state index contributed by atoms with van der Waals surface area (Å²) in [6.45, 7) is 0. The number of carbonyl (C=O) groups is 4. The Bertz CT molecular complexity index is 1200. The van der Waals surface area contributed by atoms with Crippen LogP contribution < -0.4 is 26.4 Å². The van der Waals surface area contributed by atoms with Crippen molar-refractivity contribution in [1.29, 1.82) is 0 Å². The van der Waals surface area contributed by atoms with Crippen molar-refractivity contribution < 1.29 is 23.9 Å². The molecule has 10 nitrogen and oxygen atoms in total. The average Bonchev–Trinajstić information content (AvgIpc) is 3.77. The average molecular weight is 496 g/mol. The van der Waals surface area contributed by atoms with Gasteiger partial charge in [0.15, 0.2) is 0 Å². The summed E-state index contributed by atoms with van der Waals surface area (Å²) in [4.78, 5) is 54.1. The Morgan fingerprint density at radius 1 is 1.11 bits per heavy atom. The van der Waals surface area contributed by atoms with E-state index >= 15 is 0 Å². The fourth-order valence-electron chi connectivity index (χ4n) is 5.14. The maximum atomic E-state index is 13.2. The molecular formula is C26H33N5O5. The van der Waals surface area contributed by atoms with Crippen LogP contribution in [0, 0.1) is 11.8 Å². The number of hydrogen-bond donors (Lipinski definition) is 5. The van der Waals surface area contributed by atoms with Crippen LogP contribution in [0.5, 0.6) is 5.75 Å². The van der Waals surface area contributed by atoms with E-state index in [2.05, 4.69) is 20.9 Å². The number of primary amides is 1. The number of nitrogens with one attached hydrogen (secondary N) is 4. The number of ether oxygens (including phenoxy) is 1. The molecule has 36 heavy (non-hydrogen) atoms. The minimum absolute atomic E-state index is 0.0503. The number of amides is 4. The molecule has 10 heteroatoms. The van der Waals surface area contributed by atoms with Gasteiger partial charge in [-0.1, -0.05) is 18.9 Å². The summed E-state index contributed by atoms with van der Waals surface area (Å²) in [5, 5.41) is 9.37. The Morgan fingerprint density at radius 3 is 2.53 bits per heavy atom. The van der Waals surface area contributed by atoms with Crippen LogP contribution in [0.4, 0.5) is 0 Å². The van der Waals surface area contributed by atoms with E-state index in [0.29, 0.717) is 30.2 Å². The van der Waals surface area contributed by atoms with Gasteiger partial charge in [-0.25, -0.2) is 0 Å². The molecule has 2 saturated carbocycles. The van der Waals surface area contributed by atoms with Crippen LogP contribution in [0.1, 0.15) is 61.9 Å². The summed E-state index contributed by atoms with van der Waals surface area (Å²) in [6.07, 6.45) is 6.13. The highest BCUT2D eigenvalue weighted by Gasteiger charge is 2.48. The molecule has 1 unspecified atom stereocenters. The Kier molecular flexibility index (Phi) is 6.36. The molecule has 0 radical (unpaired) electrons. The van der Waals surface area contributed by atoms with E-state index in [4.69, 9.17) is 10.5 Å². The number of benzene rings is 1. The second-order valence-corrected chi connectivity index (χ2v) is 10.5. The van der Waals surface area contributed by atoms with Crippen molar-refractivity contribution in [2.24, 2.45) is 17.6 Å². The van der Waals surface area contributed by atoms with Crippen LogP contribution in [0.3, 0.4) is 0 Å². The molecule has 1 spiro atoms. The highest BCUT2D eigenvalue weighted by molar-refractivity contribution is 6.01. The second-order valence-electron chi connectivity index (χ2n) is 10.5. The van der Waals surface area contributed by atoms with E-state index in [1.165, 1.54) is 0 Å². The van der Waals surface area contributed by atoms with Gasteiger partial charge in [-0.15, -0.1) is 0 Å². The SMILES string of the molecule is COc1cccc2[nH]c(C(=O)N[C@@H](CC3CC3)C(=O)N[C@@H](CC3CCC4(CC4)NC3=O)C(N)=O)cc12. The first kappa shape index (κ1) is 24.1. The molecule has 3 aliphatic rings. The summed E-state index contributed by atoms with van der Waals surface area (Å²) in [5.74, 6) is -1.08. The Morgan fingerprint density at radius 2 is 1.89 bits per heavy atom. The molecule has 1 aromatic carbocycles.